The number of nitrogens with one attached hydrogen (secondary N) is 1. The SMILES string of the molecule is FC(F)(F)CCCNCCOCCCl. The molecule has 0 saturated carbocycles. The first-order valence-corrected chi connectivity index (χ1v) is 5.01. The highest BCUT2D eigenvalue weighted by Crippen LogP contribution is 2.20. The summed E-state index contributed by atoms with van der Waals surface area (Å²) >= 11 is 5.34. The highest BCUT2D eigenvalue weighted by molar-refractivity contribution is 6.17. The Balaban J connectivity index is 2.99. The van der Waals surface area contributed by atoms with Gasteiger partial charge in [0, 0.05) is 18.8 Å². The van der Waals surface area contributed by atoms with E-state index in [9.17, 15) is 13.2 Å². The molecular weight excluding hydrogens is 219 g/mol. The normalized spacial score (nSPS) is 12.0. The summed E-state index contributed by atoms with van der Waals surface area (Å²) in [6.07, 6.45) is -4.67. The van der Waals surface area contributed by atoms with Gasteiger partial charge in [-0.05, 0) is 13.0 Å². The Kier molecular flexibility index (Phi) is 8.32. The lowest BCUT2D eigenvalue weighted by Crippen LogP contribution is -2.22. The Morgan fingerprint density at radius 2 is 1.86 bits per heavy atom. The van der Waals surface area contributed by atoms with E-state index < -0.39 is 12.6 Å². The highest BCUT2D eigenvalue weighted by atomic mass is 35.5. The molecule has 1 N–H and O–H groups in total. The second kappa shape index (κ2) is 8.32. The van der Waals surface area contributed by atoms with Gasteiger partial charge in [0.2, 0.25) is 0 Å². The monoisotopic (exact) mass is 233 g/mol. The van der Waals surface area contributed by atoms with Crippen LogP contribution in [0.2, 0.25) is 0 Å². The first-order valence-electron chi connectivity index (χ1n) is 4.47. The minimum absolute atomic E-state index is 0.110. The lowest BCUT2D eigenvalue weighted by molar-refractivity contribution is -0.135. The molecule has 14 heavy (non-hydrogen) atoms. The van der Waals surface area contributed by atoms with Crippen LogP contribution >= 0.6 is 11.6 Å². The van der Waals surface area contributed by atoms with Gasteiger partial charge in [-0.2, -0.15) is 13.2 Å². The van der Waals surface area contributed by atoms with Gasteiger partial charge in [-0.15, -0.1) is 11.6 Å². The molecular formula is C8H15ClF3NO. The van der Waals surface area contributed by atoms with Gasteiger partial charge in [0.05, 0.1) is 13.2 Å². The molecule has 0 heterocycles. The molecule has 6 heteroatoms. The predicted octanol–water partition coefficient (Wildman–Crippen LogP) is 2.17. The third-order valence-corrected chi connectivity index (χ3v) is 1.61. The van der Waals surface area contributed by atoms with Crippen molar-refractivity contribution < 1.29 is 17.9 Å². The Morgan fingerprint density at radius 3 is 2.43 bits per heavy atom. The Morgan fingerprint density at radius 1 is 1.14 bits per heavy atom. The Labute approximate surface area is 86.8 Å². The van der Waals surface area contributed by atoms with E-state index in [0.29, 0.717) is 32.2 Å². The van der Waals surface area contributed by atoms with Gasteiger partial charge >= 0.3 is 6.18 Å². The van der Waals surface area contributed by atoms with Crippen LogP contribution in [0.5, 0.6) is 0 Å². The van der Waals surface area contributed by atoms with Crippen molar-refractivity contribution >= 4 is 11.6 Å². The summed E-state index contributed by atoms with van der Waals surface area (Å²) in [5, 5.41) is 2.85. The summed E-state index contributed by atoms with van der Waals surface area (Å²) in [6.45, 7) is 1.89. The van der Waals surface area contributed by atoms with Crippen LogP contribution < -0.4 is 5.32 Å². The molecule has 0 aromatic heterocycles. The summed E-state index contributed by atoms with van der Waals surface area (Å²) in [4.78, 5) is 0. The maximum absolute atomic E-state index is 11.7. The van der Waals surface area contributed by atoms with E-state index in [0.717, 1.165) is 0 Å². The summed E-state index contributed by atoms with van der Waals surface area (Å²) in [5.41, 5.74) is 0. The number of rotatable bonds is 8. The summed E-state index contributed by atoms with van der Waals surface area (Å²) < 4.78 is 40.0. The standard InChI is InChI=1S/C8H15ClF3NO/c9-3-6-14-7-5-13-4-1-2-8(10,11)12/h13H,1-7H2. The van der Waals surface area contributed by atoms with Gasteiger partial charge in [0.25, 0.3) is 0 Å². The fourth-order valence-electron chi connectivity index (χ4n) is 0.840. The van der Waals surface area contributed by atoms with Gasteiger partial charge < -0.3 is 10.1 Å². The fraction of sp³-hybridized carbons (Fsp3) is 1.00. The summed E-state index contributed by atoms with van der Waals surface area (Å²) in [6, 6.07) is 0. The Hall–Kier alpha value is 0. The maximum Gasteiger partial charge on any atom is 0.389 e. The van der Waals surface area contributed by atoms with Crippen LogP contribution in [-0.2, 0) is 4.74 Å². The van der Waals surface area contributed by atoms with Crippen molar-refractivity contribution in [2.45, 2.75) is 19.0 Å². The van der Waals surface area contributed by atoms with Gasteiger partial charge in [0.1, 0.15) is 0 Å². The predicted molar refractivity (Wildman–Crippen MR) is 49.7 cm³/mol. The number of halogens is 4. The first kappa shape index (κ1) is 14.0. The number of alkyl halides is 4. The molecule has 0 bridgehead atoms. The van der Waals surface area contributed by atoms with Gasteiger partial charge in [-0.3, -0.25) is 0 Å². The molecule has 0 unspecified atom stereocenters. The number of ether oxygens (including phenoxy) is 1. The van der Waals surface area contributed by atoms with E-state index in [4.69, 9.17) is 16.3 Å². The average molecular weight is 234 g/mol. The molecule has 2 nitrogen and oxygen atoms in total. The molecule has 0 rings (SSSR count). The average Bonchev–Trinajstić information content (AvgIpc) is 2.08. The van der Waals surface area contributed by atoms with Crippen molar-refractivity contribution in [1.29, 1.82) is 0 Å². The van der Waals surface area contributed by atoms with E-state index >= 15 is 0 Å². The van der Waals surface area contributed by atoms with Crippen LogP contribution in [0.15, 0.2) is 0 Å². The lowest BCUT2D eigenvalue weighted by atomic mass is 10.3. The molecule has 0 amide bonds. The molecule has 0 aromatic carbocycles. The second-order valence-electron chi connectivity index (χ2n) is 2.77. The zero-order valence-corrected chi connectivity index (χ0v) is 8.63. The third kappa shape index (κ3) is 12.0. The smallest absolute Gasteiger partial charge is 0.379 e. The molecule has 0 fully saturated rings. The zero-order valence-electron chi connectivity index (χ0n) is 7.87. The minimum Gasteiger partial charge on any atom is -0.379 e. The summed E-state index contributed by atoms with van der Waals surface area (Å²) in [5.74, 6) is 0.439. The van der Waals surface area contributed by atoms with Crippen LogP contribution in [0.25, 0.3) is 0 Å². The van der Waals surface area contributed by atoms with Crippen LogP contribution in [-0.4, -0.2) is 38.4 Å². The quantitative estimate of drug-likeness (QED) is 0.513. The molecule has 86 valence electrons. The molecule has 0 saturated heterocycles. The van der Waals surface area contributed by atoms with E-state index in [1.807, 2.05) is 0 Å². The van der Waals surface area contributed by atoms with Crippen molar-refractivity contribution in [2.75, 3.05) is 32.2 Å². The Bertz CT molecular complexity index is 132. The molecule has 0 aliphatic carbocycles. The molecule has 0 atom stereocenters. The highest BCUT2D eigenvalue weighted by Gasteiger charge is 2.25. The molecule has 0 radical (unpaired) electrons. The largest absolute Gasteiger partial charge is 0.389 e. The number of hydrogen-bond donors (Lipinski definition) is 1. The zero-order chi connectivity index (χ0) is 10.9. The van der Waals surface area contributed by atoms with Gasteiger partial charge in [0.15, 0.2) is 0 Å². The van der Waals surface area contributed by atoms with Crippen LogP contribution in [0, 0.1) is 0 Å². The molecule has 0 aliphatic heterocycles. The third-order valence-electron chi connectivity index (χ3n) is 1.46. The van der Waals surface area contributed by atoms with Crippen molar-refractivity contribution in [3.05, 3.63) is 0 Å². The first-order chi connectivity index (χ1) is 6.56. The van der Waals surface area contributed by atoms with Gasteiger partial charge in [-0.25, -0.2) is 0 Å². The van der Waals surface area contributed by atoms with Crippen molar-refractivity contribution in [3.8, 4) is 0 Å². The molecule has 0 spiro atoms. The maximum atomic E-state index is 11.7. The van der Waals surface area contributed by atoms with Crippen molar-refractivity contribution in [1.82, 2.24) is 5.32 Å². The van der Waals surface area contributed by atoms with E-state index in [1.54, 1.807) is 0 Å². The van der Waals surface area contributed by atoms with Crippen molar-refractivity contribution in [3.63, 3.8) is 0 Å². The summed E-state index contributed by atoms with van der Waals surface area (Å²) in [7, 11) is 0. The molecule has 0 aliphatic rings. The van der Waals surface area contributed by atoms with Crippen molar-refractivity contribution in [2.24, 2.45) is 0 Å². The fourth-order valence-corrected chi connectivity index (χ4v) is 0.949. The van der Waals surface area contributed by atoms with Crippen LogP contribution in [0.4, 0.5) is 13.2 Å². The minimum atomic E-state index is -4.04. The number of hydrogen-bond acceptors (Lipinski definition) is 2. The van der Waals surface area contributed by atoms with E-state index in [1.165, 1.54) is 0 Å². The molecule has 0 aromatic rings. The topological polar surface area (TPSA) is 21.3 Å². The second-order valence-corrected chi connectivity index (χ2v) is 3.15. The van der Waals surface area contributed by atoms with Gasteiger partial charge in [-0.1, -0.05) is 0 Å². The van der Waals surface area contributed by atoms with Crippen LogP contribution in [0.1, 0.15) is 12.8 Å². The van der Waals surface area contributed by atoms with Crippen LogP contribution in [0.3, 0.4) is 0 Å². The van der Waals surface area contributed by atoms with E-state index in [-0.39, 0.29) is 6.42 Å². The van der Waals surface area contributed by atoms with E-state index in [2.05, 4.69) is 5.32 Å². The lowest BCUT2D eigenvalue weighted by Gasteiger charge is -2.07.